The molecule has 1 saturated carbocycles. The highest BCUT2D eigenvalue weighted by molar-refractivity contribution is 7.99. The highest BCUT2D eigenvalue weighted by Crippen LogP contribution is 2.44. The molecular weight excluding hydrogens is 466 g/mol. The van der Waals surface area contributed by atoms with Crippen molar-refractivity contribution < 1.29 is 14.0 Å². The molecule has 2 atom stereocenters. The van der Waals surface area contributed by atoms with Gasteiger partial charge in [-0.05, 0) is 36.5 Å². The fraction of sp³-hybridized carbons (Fsp3) is 0.533. The number of piperidine rings is 3. The van der Waals surface area contributed by atoms with Crippen molar-refractivity contribution in [3.8, 4) is 0 Å². The maximum Gasteiger partial charge on any atom is 0.271 e. The van der Waals surface area contributed by atoms with Gasteiger partial charge in [0.05, 0.1) is 19.6 Å². The molecule has 0 spiro atoms. The number of quaternary nitrogens is 1. The van der Waals surface area contributed by atoms with Gasteiger partial charge in [-0.2, -0.15) is 0 Å². The lowest BCUT2D eigenvalue weighted by molar-refractivity contribution is -0.959. The molecule has 0 unspecified atom stereocenters. The predicted octanol–water partition coefficient (Wildman–Crippen LogP) is 6.03. The number of thioether (sulfide) groups is 1. The average molecular weight is 505 g/mol. The highest BCUT2D eigenvalue weighted by atomic mass is 32.2. The fourth-order valence-electron chi connectivity index (χ4n) is 7.07. The van der Waals surface area contributed by atoms with Crippen LogP contribution in [0.2, 0.25) is 0 Å². The quantitative estimate of drug-likeness (QED) is 0.300. The number of rotatable bonds is 8. The lowest BCUT2D eigenvalue weighted by Crippen LogP contribution is -2.61. The van der Waals surface area contributed by atoms with Crippen molar-refractivity contribution in [3.05, 3.63) is 78.0 Å². The summed E-state index contributed by atoms with van der Waals surface area (Å²) in [6, 6.07) is 20.8. The molecular formula is C30H38N3O2S+. The lowest BCUT2D eigenvalue weighted by atomic mass is 9.73. The zero-order valence-corrected chi connectivity index (χ0v) is 21.9. The smallest absolute Gasteiger partial charge is 0.271 e. The van der Waals surface area contributed by atoms with E-state index >= 15 is 0 Å². The second-order valence-electron chi connectivity index (χ2n) is 11.3. The highest BCUT2D eigenvalue weighted by Gasteiger charge is 2.48. The first-order chi connectivity index (χ1) is 17.6. The molecule has 1 aromatic heterocycles. The minimum atomic E-state index is -1.21. The van der Waals surface area contributed by atoms with Crippen LogP contribution in [0.5, 0.6) is 0 Å². The normalized spacial score (nSPS) is 28.1. The van der Waals surface area contributed by atoms with E-state index in [4.69, 9.17) is 4.42 Å². The summed E-state index contributed by atoms with van der Waals surface area (Å²) in [4.78, 5) is 1.37. The van der Waals surface area contributed by atoms with Crippen LogP contribution in [0.25, 0.3) is 0 Å². The Balaban J connectivity index is 1.20. The Morgan fingerprint density at radius 2 is 1.58 bits per heavy atom. The summed E-state index contributed by atoms with van der Waals surface area (Å²) in [5, 5.41) is 21.2. The molecule has 4 heterocycles. The van der Waals surface area contributed by atoms with Crippen molar-refractivity contribution in [2.45, 2.75) is 62.0 Å². The second kappa shape index (κ2) is 10.3. The average Bonchev–Trinajstić information content (AvgIpc) is 3.42. The molecule has 36 heavy (non-hydrogen) atoms. The number of hydrogen-bond acceptors (Lipinski definition) is 5. The third-order valence-corrected chi connectivity index (χ3v) is 10.3. The van der Waals surface area contributed by atoms with Gasteiger partial charge >= 0.3 is 0 Å². The largest absolute Gasteiger partial charge is 0.416 e. The van der Waals surface area contributed by atoms with Gasteiger partial charge in [0.15, 0.2) is 12.1 Å². The summed E-state index contributed by atoms with van der Waals surface area (Å²) in [5.41, 5.74) is -0.340. The van der Waals surface area contributed by atoms with E-state index in [0.29, 0.717) is 11.8 Å². The van der Waals surface area contributed by atoms with Crippen molar-refractivity contribution in [1.82, 2.24) is 10.2 Å². The first-order valence-corrected chi connectivity index (χ1v) is 14.8. The summed E-state index contributed by atoms with van der Waals surface area (Å²) < 4.78 is 7.42. The van der Waals surface area contributed by atoms with Crippen LogP contribution in [0, 0.1) is 17.8 Å². The van der Waals surface area contributed by atoms with Crippen LogP contribution >= 0.6 is 11.8 Å². The summed E-state index contributed by atoms with van der Waals surface area (Å²) in [6.45, 7) is 4.36. The molecule has 3 aromatic rings. The first kappa shape index (κ1) is 24.2. The number of benzene rings is 2. The van der Waals surface area contributed by atoms with Gasteiger partial charge in [0.1, 0.15) is 0 Å². The Bertz CT molecular complexity index is 1120. The maximum absolute atomic E-state index is 12.1. The standard InChI is InChI=1S/C30H38N3O2S/c34-30(25-10-4-1-5-11-25,26-12-6-2-7-13-26)29-32-31-28(35-29)21-33-18-16-23(17-19-33)24(20-33)22-36-27-14-8-3-9-15-27/h1,3-5,8-11,14-15,23-24,26,34H,2,6-7,12-13,16-22H2/q+1/t23?,24-,30+,33?/m1/s1. The summed E-state index contributed by atoms with van der Waals surface area (Å²) in [7, 11) is 0. The second-order valence-corrected chi connectivity index (χ2v) is 12.4. The summed E-state index contributed by atoms with van der Waals surface area (Å²) in [6.07, 6.45) is 8.08. The number of hydrogen-bond donors (Lipinski definition) is 1. The minimum absolute atomic E-state index is 0.110. The molecule has 5 nitrogen and oxygen atoms in total. The van der Waals surface area contributed by atoms with Gasteiger partial charge in [-0.25, -0.2) is 0 Å². The molecule has 0 radical (unpaired) electrons. The SMILES string of the molecule is O[C@](c1ccccc1)(c1nnc(C[N+]23CCC(CC2)[C@@H](CSc2ccccc2)C3)o1)C1CCCCC1. The van der Waals surface area contributed by atoms with E-state index in [9.17, 15) is 5.11 Å². The first-order valence-electron chi connectivity index (χ1n) is 13.8. The lowest BCUT2D eigenvalue weighted by Gasteiger charge is -2.52. The van der Waals surface area contributed by atoms with E-state index in [1.807, 2.05) is 42.1 Å². The molecule has 3 saturated heterocycles. The van der Waals surface area contributed by atoms with Crippen LogP contribution in [-0.4, -0.2) is 45.2 Å². The van der Waals surface area contributed by atoms with Crippen molar-refractivity contribution >= 4 is 11.8 Å². The maximum atomic E-state index is 12.1. The van der Waals surface area contributed by atoms with Crippen LogP contribution in [0.15, 0.2) is 70.0 Å². The Morgan fingerprint density at radius 1 is 0.889 bits per heavy atom. The molecule has 1 N–H and O–H groups in total. The Kier molecular flexibility index (Phi) is 6.93. The van der Waals surface area contributed by atoms with Crippen LogP contribution in [0.1, 0.15) is 62.3 Å². The zero-order valence-electron chi connectivity index (χ0n) is 21.1. The van der Waals surface area contributed by atoms with Crippen LogP contribution in [-0.2, 0) is 12.1 Å². The van der Waals surface area contributed by atoms with Gasteiger partial charge in [-0.3, -0.25) is 0 Å². The van der Waals surface area contributed by atoms with E-state index < -0.39 is 5.60 Å². The molecule has 1 aliphatic carbocycles. The molecule has 190 valence electrons. The van der Waals surface area contributed by atoms with E-state index in [1.165, 1.54) is 49.5 Å². The molecule has 2 bridgehead atoms. The van der Waals surface area contributed by atoms with E-state index in [1.54, 1.807) is 0 Å². The molecule has 3 aliphatic heterocycles. The van der Waals surface area contributed by atoms with Crippen molar-refractivity contribution in [3.63, 3.8) is 0 Å². The molecule has 4 fully saturated rings. The molecule has 2 aromatic carbocycles. The number of nitrogens with zero attached hydrogens (tertiary/aromatic N) is 3. The molecule has 6 heteroatoms. The van der Waals surface area contributed by atoms with Crippen LogP contribution in [0.3, 0.4) is 0 Å². The minimum Gasteiger partial charge on any atom is -0.416 e. The predicted molar refractivity (Wildman–Crippen MR) is 142 cm³/mol. The number of aromatic nitrogens is 2. The van der Waals surface area contributed by atoms with Gasteiger partial charge in [0.25, 0.3) is 11.8 Å². The van der Waals surface area contributed by atoms with Crippen molar-refractivity contribution in [2.75, 3.05) is 25.4 Å². The number of fused-ring (bicyclic) bond motifs is 3. The van der Waals surface area contributed by atoms with Crippen LogP contribution < -0.4 is 0 Å². The molecule has 4 aliphatic rings. The third kappa shape index (κ3) is 4.75. The summed E-state index contributed by atoms with van der Waals surface area (Å²) >= 11 is 2.00. The van der Waals surface area contributed by atoms with Gasteiger partial charge < -0.3 is 14.0 Å². The summed E-state index contributed by atoms with van der Waals surface area (Å²) in [5.74, 6) is 3.93. The third-order valence-electron chi connectivity index (χ3n) is 9.12. The Hall–Kier alpha value is -2.15. The Morgan fingerprint density at radius 3 is 2.31 bits per heavy atom. The Labute approximate surface area is 218 Å². The van der Waals surface area contributed by atoms with Crippen molar-refractivity contribution in [1.29, 1.82) is 0 Å². The fourth-order valence-corrected chi connectivity index (χ4v) is 8.21. The van der Waals surface area contributed by atoms with Gasteiger partial charge in [-0.1, -0.05) is 67.8 Å². The van der Waals surface area contributed by atoms with Gasteiger partial charge in [0, 0.05) is 35.3 Å². The van der Waals surface area contributed by atoms with E-state index in [2.05, 4.69) is 40.5 Å². The molecule has 0 amide bonds. The molecule has 7 rings (SSSR count). The van der Waals surface area contributed by atoms with Gasteiger partial charge in [0.2, 0.25) is 0 Å². The van der Waals surface area contributed by atoms with Crippen LogP contribution in [0.4, 0.5) is 0 Å². The van der Waals surface area contributed by atoms with Crippen molar-refractivity contribution in [2.24, 2.45) is 17.8 Å². The zero-order chi connectivity index (χ0) is 24.4. The van der Waals surface area contributed by atoms with E-state index in [-0.39, 0.29) is 5.92 Å². The number of aliphatic hydroxyl groups is 1. The monoisotopic (exact) mass is 504 g/mol. The topological polar surface area (TPSA) is 59.2 Å². The van der Waals surface area contributed by atoms with Gasteiger partial charge in [-0.15, -0.1) is 22.0 Å². The van der Waals surface area contributed by atoms with E-state index in [0.717, 1.165) is 54.1 Å².